The maximum atomic E-state index is 3.53. The van der Waals surface area contributed by atoms with Crippen molar-refractivity contribution in [3.8, 4) is 0 Å². The Morgan fingerprint density at radius 2 is 2.00 bits per heavy atom. The van der Waals surface area contributed by atoms with Crippen LogP contribution in [0, 0.1) is 5.92 Å². The van der Waals surface area contributed by atoms with Gasteiger partial charge in [-0.05, 0) is 49.3 Å². The van der Waals surface area contributed by atoms with Crippen molar-refractivity contribution in [1.29, 1.82) is 0 Å². The Bertz CT molecular complexity index is 441. The highest BCUT2D eigenvalue weighted by Crippen LogP contribution is 2.38. The summed E-state index contributed by atoms with van der Waals surface area (Å²) in [6, 6.07) is 10.5. The molecular formula is C18H28N2. The molecule has 2 bridgehead atoms. The summed E-state index contributed by atoms with van der Waals surface area (Å²) in [6.07, 6.45) is 5.51. The molecule has 0 spiro atoms. The van der Waals surface area contributed by atoms with Gasteiger partial charge in [-0.25, -0.2) is 0 Å². The van der Waals surface area contributed by atoms with Gasteiger partial charge in [-0.3, -0.25) is 4.90 Å². The summed E-state index contributed by atoms with van der Waals surface area (Å²) in [5, 5.41) is 3.53. The number of rotatable bonds is 6. The van der Waals surface area contributed by atoms with Crippen LogP contribution in [-0.2, 0) is 13.0 Å². The zero-order valence-electron chi connectivity index (χ0n) is 12.9. The summed E-state index contributed by atoms with van der Waals surface area (Å²) < 4.78 is 0. The molecule has 2 aliphatic rings. The summed E-state index contributed by atoms with van der Waals surface area (Å²) in [6.45, 7) is 8.02. The molecule has 1 N–H and O–H groups in total. The highest BCUT2D eigenvalue weighted by Gasteiger charge is 2.37. The predicted molar refractivity (Wildman–Crippen MR) is 84.8 cm³/mol. The first-order chi connectivity index (χ1) is 9.72. The topological polar surface area (TPSA) is 15.3 Å². The van der Waals surface area contributed by atoms with E-state index in [9.17, 15) is 0 Å². The molecule has 1 aromatic carbocycles. The van der Waals surface area contributed by atoms with Gasteiger partial charge in [0.15, 0.2) is 0 Å². The minimum atomic E-state index is 0.580. The highest BCUT2D eigenvalue weighted by atomic mass is 15.2. The predicted octanol–water partition coefficient (Wildman–Crippen LogP) is 3.21. The van der Waals surface area contributed by atoms with Crippen LogP contribution >= 0.6 is 0 Å². The maximum Gasteiger partial charge on any atom is 0.0239 e. The highest BCUT2D eigenvalue weighted by molar-refractivity contribution is 5.27. The number of nitrogens with one attached hydrogen (secondary N) is 1. The van der Waals surface area contributed by atoms with Gasteiger partial charge in [0.25, 0.3) is 0 Å². The van der Waals surface area contributed by atoms with Crippen LogP contribution in [0.2, 0.25) is 0 Å². The van der Waals surface area contributed by atoms with Crippen LogP contribution in [0.1, 0.15) is 44.2 Å². The van der Waals surface area contributed by atoms with E-state index in [1.54, 1.807) is 5.56 Å². The molecule has 1 saturated heterocycles. The Kier molecular flexibility index (Phi) is 4.42. The molecule has 2 atom stereocenters. The lowest BCUT2D eigenvalue weighted by Crippen LogP contribution is -2.32. The molecule has 2 heteroatoms. The van der Waals surface area contributed by atoms with E-state index in [1.807, 2.05) is 0 Å². The van der Waals surface area contributed by atoms with Gasteiger partial charge < -0.3 is 5.32 Å². The Hall–Kier alpha value is -0.860. The molecule has 1 aliphatic heterocycles. The van der Waals surface area contributed by atoms with E-state index in [4.69, 9.17) is 0 Å². The first kappa shape index (κ1) is 14.1. The number of piperidine rings is 1. The molecule has 0 radical (unpaired) electrons. The molecule has 2 unspecified atom stereocenters. The van der Waals surface area contributed by atoms with Gasteiger partial charge in [0.2, 0.25) is 0 Å². The summed E-state index contributed by atoms with van der Waals surface area (Å²) in [7, 11) is 0. The van der Waals surface area contributed by atoms with Crippen molar-refractivity contribution in [1.82, 2.24) is 10.2 Å². The monoisotopic (exact) mass is 272 g/mol. The second-order valence-corrected chi connectivity index (χ2v) is 6.89. The lowest BCUT2D eigenvalue weighted by Gasteiger charge is -2.27. The molecular weight excluding hydrogens is 244 g/mol. The Balaban J connectivity index is 1.61. The van der Waals surface area contributed by atoms with Crippen molar-refractivity contribution in [2.24, 2.45) is 5.92 Å². The molecule has 1 aromatic rings. The number of hydrogen-bond acceptors (Lipinski definition) is 2. The second kappa shape index (κ2) is 6.28. The zero-order chi connectivity index (χ0) is 13.9. The molecule has 1 aliphatic carbocycles. The minimum absolute atomic E-state index is 0.580. The molecule has 0 aromatic heterocycles. The molecule has 3 rings (SSSR count). The fourth-order valence-corrected chi connectivity index (χ4v) is 3.89. The number of likely N-dealkylation sites (tertiary alicyclic amines) is 1. The molecule has 110 valence electrons. The van der Waals surface area contributed by atoms with Crippen molar-refractivity contribution < 1.29 is 0 Å². The van der Waals surface area contributed by atoms with E-state index >= 15 is 0 Å². The van der Waals surface area contributed by atoms with Crippen LogP contribution in [0.3, 0.4) is 0 Å². The summed E-state index contributed by atoms with van der Waals surface area (Å²) in [5.41, 5.74) is 3.08. The van der Waals surface area contributed by atoms with Gasteiger partial charge in [-0.2, -0.15) is 0 Å². The summed E-state index contributed by atoms with van der Waals surface area (Å²) in [5.74, 6) is 0.995. The third-order valence-electron chi connectivity index (χ3n) is 4.96. The van der Waals surface area contributed by atoms with Crippen molar-refractivity contribution in [3.63, 3.8) is 0 Å². The van der Waals surface area contributed by atoms with Crippen LogP contribution < -0.4 is 5.32 Å². The van der Waals surface area contributed by atoms with E-state index < -0.39 is 0 Å². The van der Waals surface area contributed by atoms with E-state index in [0.717, 1.165) is 24.9 Å². The zero-order valence-corrected chi connectivity index (χ0v) is 12.9. The third kappa shape index (κ3) is 3.24. The number of benzene rings is 1. The minimum Gasteiger partial charge on any atom is -0.314 e. The standard InChI is InChI=1S/C18H28N2/c1-14(2)19-10-9-16-5-3-4-6-17(16)13-20-12-15-7-8-18(20)11-15/h3-6,14-15,18-19H,7-13H2,1-2H3. The van der Waals surface area contributed by atoms with Gasteiger partial charge in [-0.1, -0.05) is 38.1 Å². The summed E-state index contributed by atoms with van der Waals surface area (Å²) in [4.78, 5) is 2.73. The van der Waals surface area contributed by atoms with Gasteiger partial charge in [-0.15, -0.1) is 0 Å². The van der Waals surface area contributed by atoms with E-state index in [0.29, 0.717) is 6.04 Å². The largest absolute Gasteiger partial charge is 0.314 e. The SMILES string of the molecule is CC(C)NCCc1ccccc1CN1CC2CCC1C2. The Labute approximate surface area is 123 Å². The first-order valence-corrected chi connectivity index (χ1v) is 8.26. The van der Waals surface area contributed by atoms with Gasteiger partial charge in [0.1, 0.15) is 0 Å². The third-order valence-corrected chi connectivity index (χ3v) is 4.96. The average Bonchev–Trinajstić information content (AvgIpc) is 3.02. The smallest absolute Gasteiger partial charge is 0.0239 e. The van der Waals surface area contributed by atoms with Crippen molar-refractivity contribution in [2.75, 3.05) is 13.1 Å². The fraction of sp³-hybridized carbons (Fsp3) is 0.667. The molecule has 1 saturated carbocycles. The van der Waals surface area contributed by atoms with Crippen molar-refractivity contribution >= 4 is 0 Å². The Morgan fingerprint density at radius 1 is 1.20 bits per heavy atom. The quantitative estimate of drug-likeness (QED) is 0.855. The average molecular weight is 272 g/mol. The second-order valence-electron chi connectivity index (χ2n) is 6.89. The van der Waals surface area contributed by atoms with Gasteiger partial charge >= 0.3 is 0 Å². The number of nitrogens with zero attached hydrogens (tertiary/aromatic N) is 1. The molecule has 2 fully saturated rings. The van der Waals surface area contributed by atoms with Gasteiger partial charge in [0.05, 0.1) is 0 Å². The van der Waals surface area contributed by atoms with Crippen LogP contribution in [0.5, 0.6) is 0 Å². The number of hydrogen-bond donors (Lipinski definition) is 1. The first-order valence-electron chi connectivity index (χ1n) is 8.26. The molecule has 0 amide bonds. The van der Waals surface area contributed by atoms with E-state index in [-0.39, 0.29) is 0 Å². The van der Waals surface area contributed by atoms with Crippen molar-refractivity contribution in [2.45, 2.75) is 58.2 Å². The van der Waals surface area contributed by atoms with E-state index in [1.165, 1.54) is 37.9 Å². The molecule has 2 nitrogen and oxygen atoms in total. The summed E-state index contributed by atoms with van der Waals surface area (Å²) >= 11 is 0. The fourth-order valence-electron chi connectivity index (χ4n) is 3.89. The normalized spacial score (nSPS) is 25.8. The van der Waals surface area contributed by atoms with Crippen LogP contribution in [0.15, 0.2) is 24.3 Å². The maximum absolute atomic E-state index is 3.53. The lowest BCUT2D eigenvalue weighted by molar-refractivity contribution is 0.205. The van der Waals surface area contributed by atoms with Crippen LogP contribution in [0.25, 0.3) is 0 Å². The Morgan fingerprint density at radius 3 is 2.65 bits per heavy atom. The van der Waals surface area contributed by atoms with Crippen molar-refractivity contribution in [3.05, 3.63) is 35.4 Å². The molecule has 20 heavy (non-hydrogen) atoms. The lowest BCUT2D eigenvalue weighted by atomic mass is 10.0. The van der Waals surface area contributed by atoms with Crippen LogP contribution in [-0.4, -0.2) is 30.1 Å². The van der Waals surface area contributed by atoms with E-state index in [2.05, 4.69) is 48.3 Å². The van der Waals surface area contributed by atoms with Gasteiger partial charge in [0, 0.05) is 25.2 Å². The molecule has 1 heterocycles. The van der Waals surface area contributed by atoms with Crippen LogP contribution in [0.4, 0.5) is 0 Å². The number of fused-ring (bicyclic) bond motifs is 2.